The molecule has 0 radical (unpaired) electrons. The van der Waals surface area contributed by atoms with Crippen LogP contribution in [0.1, 0.15) is 16.8 Å². The minimum absolute atomic E-state index is 0.0871. The van der Waals surface area contributed by atoms with Crippen molar-refractivity contribution in [2.24, 2.45) is 0 Å². The second-order valence-electron chi connectivity index (χ2n) is 5.37. The third kappa shape index (κ3) is 3.50. The zero-order valence-corrected chi connectivity index (χ0v) is 14.4. The van der Waals surface area contributed by atoms with Gasteiger partial charge in [-0.1, -0.05) is 0 Å². The maximum Gasteiger partial charge on any atom is 0.246 e. The van der Waals surface area contributed by atoms with Crippen LogP contribution >= 0.6 is 15.9 Å². The van der Waals surface area contributed by atoms with E-state index in [9.17, 15) is 8.42 Å². The van der Waals surface area contributed by atoms with Crippen LogP contribution < -0.4 is 0 Å². The summed E-state index contributed by atoms with van der Waals surface area (Å²) < 4.78 is 24.0. The largest absolute Gasteiger partial charge is 0.294 e. The van der Waals surface area contributed by atoms with Gasteiger partial charge in [0.2, 0.25) is 15.0 Å². The first kappa shape index (κ1) is 15.5. The van der Waals surface area contributed by atoms with E-state index in [0.29, 0.717) is 6.54 Å². The highest BCUT2D eigenvalue weighted by molar-refractivity contribution is 9.10. The van der Waals surface area contributed by atoms with Crippen LogP contribution in [-0.4, -0.2) is 41.1 Å². The lowest BCUT2D eigenvalue weighted by atomic mass is 10.1. The van der Waals surface area contributed by atoms with Gasteiger partial charge < -0.3 is 0 Å². The number of sulfone groups is 1. The predicted molar refractivity (Wildman–Crippen MR) is 84.9 cm³/mol. The zero-order valence-electron chi connectivity index (χ0n) is 12.0. The van der Waals surface area contributed by atoms with E-state index < -0.39 is 9.84 Å². The van der Waals surface area contributed by atoms with Gasteiger partial charge in [-0.15, -0.1) is 0 Å². The molecular weight excluding hydrogens is 368 g/mol. The van der Waals surface area contributed by atoms with Crippen LogP contribution in [0.25, 0.3) is 0 Å². The smallest absolute Gasteiger partial charge is 0.246 e. The highest BCUT2D eigenvalue weighted by Gasteiger charge is 2.21. The van der Waals surface area contributed by atoms with Gasteiger partial charge in [0.15, 0.2) is 0 Å². The molecule has 0 amide bonds. The van der Waals surface area contributed by atoms with Crippen molar-refractivity contribution in [1.29, 1.82) is 0 Å². The maximum atomic E-state index is 11.5. The fourth-order valence-corrected chi connectivity index (χ4v) is 3.40. The number of nitrogens with zero attached hydrogens (tertiary/aromatic N) is 4. The van der Waals surface area contributed by atoms with Crippen molar-refractivity contribution in [3.63, 3.8) is 0 Å². The van der Waals surface area contributed by atoms with E-state index >= 15 is 0 Å². The molecule has 8 heteroatoms. The van der Waals surface area contributed by atoms with Gasteiger partial charge in [0, 0.05) is 60.9 Å². The minimum Gasteiger partial charge on any atom is -0.294 e. The molecule has 1 aliphatic rings. The van der Waals surface area contributed by atoms with E-state index in [2.05, 4.69) is 35.8 Å². The van der Waals surface area contributed by atoms with E-state index in [1.165, 1.54) is 0 Å². The summed E-state index contributed by atoms with van der Waals surface area (Å²) in [4.78, 5) is 14.6. The van der Waals surface area contributed by atoms with Crippen LogP contribution in [-0.2, 0) is 29.3 Å². The van der Waals surface area contributed by atoms with Crippen molar-refractivity contribution in [3.05, 3.63) is 46.0 Å². The van der Waals surface area contributed by atoms with Gasteiger partial charge in [0.1, 0.15) is 0 Å². The summed E-state index contributed by atoms with van der Waals surface area (Å²) in [7, 11) is -3.35. The summed E-state index contributed by atoms with van der Waals surface area (Å²) in [5.41, 5.74) is 2.95. The van der Waals surface area contributed by atoms with Gasteiger partial charge in [-0.05, 0) is 27.6 Å². The van der Waals surface area contributed by atoms with Gasteiger partial charge in [-0.25, -0.2) is 18.4 Å². The highest BCUT2D eigenvalue weighted by atomic mass is 79.9. The molecule has 1 aliphatic heterocycles. The molecule has 116 valence electrons. The average molecular weight is 383 g/mol. The zero-order chi connectivity index (χ0) is 15.7. The number of hydrogen-bond donors (Lipinski definition) is 0. The number of hydrogen-bond acceptors (Lipinski definition) is 6. The first-order chi connectivity index (χ1) is 10.4. The van der Waals surface area contributed by atoms with Gasteiger partial charge in [0.25, 0.3) is 0 Å². The van der Waals surface area contributed by atoms with Crippen LogP contribution in [0.5, 0.6) is 0 Å². The lowest BCUT2D eigenvalue weighted by Gasteiger charge is -2.27. The van der Waals surface area contributed by atoms with Crippen LogP contribution in [0.3, 0.4) is 0 Å². The number of pyridine rings is 1. The molecule has 0 atom stereocenters. The lowest BCUT2D eigenvalue weighted by Crippen LogP contribution is -2.31. The fourth-order valence-electron chi connectivity index (χ4n) is 2.47. The first-order valence-electron chi connectivity index (χ1n) is 6.78. The Morgan fingerprint density at radius 3 is 2.86 bits per heavy atom. The van der Waals surface area contributed by atoms with Crippen molar-refractivity contribution >= 4 is 25.8 Å². The van der Waals surface area contributed by atoms with Crippen LogP contribution in [0, 0.1) is 0 Å². The summed E-state index contributed by atoms with van der Waals surface area (Å²) in [5.74, 6) is 0. The highest BCUT2D eigenvalue weighted by Crippen LogP contribution is 2.20. The Labute approximate surface area is 137 Å². The fraction of sp³-hybridized carbons (Fsp3) is 0.357. The third-order valence-electron chi connectivity index (χ3n) is 3.49. The average Bonchev–Trinajstić information content (AvgIpc) is 2.45. The van der Waals surface area contributed by atoms with Crippen molar-refractivity contribution in [2.75, 3.05) is 12.8 Å². The SMILES string of the molecule is CS(=O)(=O)c1ncc2c(n1)CCN(Cc1cncc(Br)c1)C2. The molecule has 0 N–H and O–H groups in total. The molecule has 0 spiro atoms. The number of fused-ring (bicyclic) bond motifs is 1. The molecule has 0 saturated heterocycles. The van der Waals surface area contributed by atoms with E-state index in [0.717, 1.165) is 47.1 Å². The van der Waals surface area contributed by atoms with Gasteiger partial charge in [-0.3, -0.25) is 9.88 Å². The van der Waals surface area contributed by atoms with Crippen LogP contribution in [0.4, 0.5) is 0 Å². The van der Waals surface area contributed by atoms with Crippen LogP contribution in [0.2, 0.25) is 0 Å². The molecule has 6 nitrogen and oxygen atoms in total. The van der Waals surface area contributed by atoms with Gasteiger partial charge >= 0.3 is 0 Å². The summed E-state index contributed by atoms with van der Waals surface area (Å²) in [6.45, 7) is 2.34. The summed E-state index contributed by atoms with van der Waals surface area (Å²) in [5, 5.41) is -0.0871. The normalized spacial score (nSPS) is 15.5. The molecular formula is C14H15BrN4O2S. The molecule has 0 bridgehead atoms. The monoisotopic (exact) mass is 382 g/mol. The quantitative estimate of drug-likeness (QED) is 0.750. The molecule has 0 unspecified atom stereocenters. The van der Waals surface area contributed by atoms with Gasteiger partial charge in [0.05, 0.1) is 5.69 Å². The Morgan fingerprint density at radius 1 is 1.32 bits per heavy atom. The molecule has 3 rings (SSSR count). The van der Waals surface area contributed by atoms with E-state index in [1.54, 1.807) is 12.4 Å². The van der Waals surface area contributed by atoms with Crippen molar-refractivity contribution in [3.8, 4) is 0 Å². The third-order valence-corrected chi connectivity index (χ3v) is 4.78. The van der Waals surface area contributed by atoms with E-state index in [4.69, 9.17) is 0 Å². The first-order valence-corrected chi connectivity index (χ1v) is 9.47. The Morgan fingerprint density at radius 2 is 2.14 bits per heavy atom. The van der Waals surface area contributed by atoms with Crippen molar-refractivity contribution in [1.82, 2.24) is 19.9 Å². The molecule has 0 aromatic carbocycles. The summed E-state index contributed by atoms with van der Waals surface area (Å²) >= 11 is 3.42. The van der Waals surface area contributed by atoms with Crippen LogP contribution in [0.15, 0.2) is 34.3 Å². The molecule has 2 aromatic heterocycles. The van der Waals surface area contributed by atoms with E-state index in [-0.39, 0.29) is 5.16 Å². The van der Waals surface area contributed by atoms with E-state index in [1.807, 2.05) is 12.3 Å². The molecule has 0 fully saturated rings. The Kier molecular flexibility index (Phi) is 4.24. The number of aromatic nitrogens is 3. The molecule has 0 aliphatic carbocycles. The Hall–Kier alpha value is -1.38. The topological polar surface area (TPSA) is 76.1 Å². The number of rotatable bonds is 3. The number of halogens is 1. The molecule has 0 saturated carbocycles. The predicted octanol–water partition coefficient (Wildman–Crippen LogP) is 1.60. The summed E-state index contributed by atoms with van der Waals surface area (Å²) in [6.07, 6.45) is 7.09. The lowest BCUT2D eigenvalue weighted by molar-refractivity contribution is 0.241. The Bertz CT molecular complexity index is 810. The molecule has 22 heavy (non-hydrogen) atoms. The minimum atomic E-state index is -3.35. The van der Waals surface area contributed by atoms with Crippen molar-refractivity contribution < 1.29 is 8.42 Å². The maximum absolute atomic E-state index is 11.5. The van der Waals surface area contributed by atoms with Gasteiger partial charge in [-0.2, -0.15) is 0 Å². The second-order valence-corrected chi connectivity index (χ2v) is 8.19. The second kappa shape index (κ2) is 6.02. The molecule has 3 heterocycles. The summed E-state index contributed by atoms with van der Waals surface area (Å²) in [6, 6.07) is 2.05. The van der Waals surface area contributed by atoms with Crippen molar-refractivity contribution in [2.45, 2.75) is 24.7 Å². The molecule has 2 aromatic rings. The Balaban J connectivity index is 1.77. The standard InChI is InChI=1S/C14H15BrN4O2S/c1-22(20,21)14-17-6-11-9-19(3-2-13(11)18-14)8-10-4-12(15)7-16-5-10/h4-7H,2-3,8-9H2,1H3.